The number of piperidine rings is 1. The van der Waals surface area contributed by atoms with Gasteiger partial charge in [0.1, 0.15) is 0 Å². The Morgan fingerprint density at radius 1 is 1.12 bits per heavy atom. The number of benzene rings is 1. The molecule has 6 heteroatoms. The molecule has 0 unspecified atom stereocenters. The minimum absolute atomic E-state index is 0.195. The van der Waals surface area contributed by atoms with E-state index in [2.05, 4.69) is 48.7 Å². The van der Waals surface area contributed by atoms with Gasteiger partial charge in [-0.15, -0.1) is 0 Å². The summed E-state index contributed by atoms with van der Waals surface area (Å²) in [5.74, 6) is -2.44. The van der Waals surface area contributed by atoms with Crippen LogP contribution in [0.5, 0.6) is 0 Å². The number of carboxylic acid groups (broad SMARTS) is 2. The minimum Gasteiger partial charge on any atom is -0.550 e. The van der Waals surface area contributed by atoms with Crippen LogP contribution in [0.25, 0.3) is 0 Å². The first-order valence-electron chi connectivity index (χ1n) is 8.82. The highest BCUT2D eigenvalue weighted by atomic mass is 16.4. The van der Waals surface area contributed by atoms with Crippen molar-refractivity contribution < 1.29 is 25.5 Å². The van der Waals surface area contributed by atoms with E-state index >= 15 is 0 Å². The monoisotopic (exact) mass is 350 g/mol. The lowest BCUT2D eigenvalue weighted by Crippen LogP contribution is -2.58. The van der Waals surface area contributed by atoms with E-state index in [1.807, 2.05) is 0 Å². The Morgan fingerprint density at radius 3 is 2.08 bits per heavy atom. The molecule has 0 aromatic heterocycles. The number of carbonyl (C=O) groups is 2. The van der Waals surface area contributed by atoms with Gasteiger partial charge in [-0.3, -0.25) is 4.79 Å². The molecule has 1 saturated heterocycles. The van der Waals surface area contributed by atoms with Gasteiger partial charge in [-0.05, 0) is 43.4 Å². The molecule has 1 aromatic rings. The molecule has 0 radical (unpaired) electrons. The summed E-state index contributed by atoms with van der Waals surface area (Å²) in [6.45, 7) is 7.90. The van der Waals surface area contributed by atoms with Crippen molar-refractivity contribution in [3.63, 3.8) is 0 Å². The summed E-state index contributed by atoms with van der Waals surface area (Å²) in [6.07, 6.45) is 3.30. The van der Waals surface area contributed by atoms with E-state index in [0.29, 0.717) is 0 Å². The summed E-state index contributed by atoms with van der Waals surface area (Å²) >= 11 is 0. The smallest absolute Gasteiger partial charge is 0.303 e. The number of nitrogens with zero attached hydrogens (tertiary/aromatic N) is 1. The number of carbonyl (C=O) groups excluding carboxylic acids is 1. The molecule has 2 rings (SSSR count). The van der Waals surface area contributed by atoms with Gasteiger partial charge < -0.3 is 25.6 Å². The Hall–Kier alpha value is -2.08. The first-order chi connectivity index (χ1) is 11.8. The molecule has 1 heterocycles. The summed E-state index contributed by atoms with van der Waals surface area (Å²) in [6, 6.07) is 9.10. The highest BCUT2D eigenvalue weighted by molar-refractivity contribution is 5.74. The molecule has 0 amide bonds. The van der Waals surface area contributed by atoms with E-state index in [1.54, 1.807) is 0 Å². The van der Waals surface area contributed by atoms with Gasteiger partial charge in [0.15, 0.2) is 0 Å². The molecule has 1 fully saturated rings. The van der Waals surface area contributed by atoms with Crippen molar-refractivity contribution >= 4 is 17.6 Å². The third-order valence-electron chi connectivity index (χ3n) is 4.54. The fourth-order valence-corrected chi connectivity index (χ4v) is 2.63. The molecule has 0 atom stereocenters. The van der Waals surface area contributed by atoms with E-state index < -0.39 is 18.4 Å². The van der Waals surface area contributed by atoms with Gasteiger partial charge in [0, 0.05) is 30.2 Å². The average molecular weight is 350 g/mol. The van der Waals surface area contributed by atoms with E-state index in [4.69, 9.17) is 5.11 Å². The van der Waals surface area contributed by atoms with Crippen LogP contribution in [0, 0.1) is 0 Å². The van der Waals surface area contributed by atoms with Gasteiger partial charge in [-0.2, -0.15) is 0 Å². The molecular formula is C19H30N2O4. The van der Waals surface area contributed by atoms with Gasteiger partial charge >= 0.3 is 5.97 Å². The molecule has 1 aliphatic heterocycles. The largest absolute Gasteiger partial charge is 0.550 e. The third kappa shape index (κ3) is 7.56. The SMILES string of the molecule is CC(C)(C[NH3+])c1ccc(N2CCCCC2)cc1.O=C([O-])CCC(=O)O. The second-order valence-corrected chi connectivity index (χ2v) is 6.99. The third-order valence-corrected chi connectivity index (χ3v) is 4.54. The van der Waals surface area contributed by atoms with Crippen LogP contribution in [0.3, 0.4) is 0 Å². The molecular weight excluding hydrogens is 320 g/mol. The van der Waals surface area contributed by atoms with Crippen molar-refractivity contribution in [2.24, 2.45) is 0 Å². The lowest BCUT2D eigenvalue weighted by Gasteiger charge is -2.29. The van der Waals surface area contributed by atoms with Crippen LogP contribution in [0.15, 0.2) is 24.3 Å². The van der Waals surface area contributed by atoms with Crippen molar-refractivity contribution in [1.82, 2.24) is 0 Å². The van der Waals surface area contributed by atoms with E-state index in [-0.39, 0.29) is 11.8 Å². The van der Waals surface area contributed by atoms with Gasteiger partial charge in [0.2, 0.25) is 0 Å². The van der Waals surface area contributed by atoms with E-state index in [9.17, 15) is 14.7 Å². The van der Waals surface area contributed by atoms with Crippen LogP contribution in [0.1, 0.15) is 51.5 Å². The highest BCUT2D eigenvalue weighted by Crippen LogP contribution is 2.25. The average Bonchev–Trinajstić information content (AvgIpc) is 2.61. The molecule has 1 aliphatic rings. The molecule has 4 N–H and O–H groups in total. The number of aliphatic carboxylic acids is 2. The van der Waals surface area contributed by atoms with Crippen LogP contribution in [-0.2, 0) is 15.0 Å². The van der Waals surface area contributed by atoms with E-state index in [0.717, 1.165) is 6.54 Å². The Balaban J connectivity index is 0.000000333. The van der Waals surface area contributed by atoms with Crippen molar-refractivity contribution in [2.45, 2.75) is 51.4 Å². The maximum atomic E-state index is 9.61. The first kappa shape index (κ1) is 21.0. The second-order valence-electron chi connectivity index (χ2n) is 6.99. The highest BCUT2D eigenvalue weighted by Gasteiger charge is 2.21. The normalized spacial score (nSPS) is 14.4. The van der Waals surface area contributed by atoms with Crippen molar-refractivity contribution in [3.8, 4) is 0 Å². The fourth-order valence-electron chi connectivity index (χ4n) is 2.63. The van der Waals surface area contributed by atoms with Crippen LogP contribution >= 0.6 is 0 Å². The molecule has 0 spiro atoms. The fraction of sp³-hybridized carbons (Fsp3) is 0.579. The van der Waals surface area contributed by atoms with Crippen LogP contribution in [0.2, 0.25) is 0 Å². The van der Waals surface area contributed by atoms with Gasteiger partial charge in [0.05, 0.1) is 13.0 Å². The summed E-state index contributed by atoms with van der Waals surface area (Å²) in [7, 11) is 0. The maximum absolute atomic E-state index is 9.61. The lowest BCUT2D eigenvalue weighted by molar-refractivity contribution is -0.380. The number of carboxylic acids is 2. The molecule has 0 bridgehead atoms. The maximum Gasteiger partial charge on any atom is 0.303 e. The first-order valence-corrected chi connectivity index (χ1v) is 8.82. The number of rotatable bonds is 6. The quantitative estimate of drug-likeness (QED) is 0.789. The molecule has 1 aromatic carbocycles. The minimum atomic E-state index is -1.33. The molecule has 6 nitrogen and oxygen atoms in total. The van der Waals surface area contributed by atoms with Gasteiger partial charge in [-0.25, -0.2) is 0 Å². The number of hydrogen-bond donors (Lipinski definition) is 2. The van der Waals surface area contributed by atoms with Gasteiger partial charge in [0.25, 0.3) is 0 Å². The Labute approximate surface area is 149 Å². The predicted molar refractivity (Wildman–Crippen MR) is 95.2 cm³/mol. The van der Waals surface area contributed by atoms with Crippen LogP contribution in [0.4, 0.5) is 5.69 Å². The van der Waals surface area contributed by atoms with Crippen molar-refractivity contribution in [1.29, 1.82) is 0 Å². The van der Waals surface area contributed by atoms with Crippen LogP contribution in [-0.4, -0.2) is 36.7 Å². The zero-order valence-electron chi connectivity index (χ0n) is 15.3. The summed E-state index contributed by atoms with van der Waals surface area (Å²) in [4.78, 5) is 21.6. The molecule has 25 heavy (non-hydrogen) atoms. The lowest BCUT2D eigenvalue weighted by atomic mass is 9.85. The van der Waals surface area contributed by atoms with Crippen molar-refractivity contribution in [2.75, 3.05) is 24.5 Å². The zero-order valence-corrected chi connectivity index (χ0v) is 15.3. The standard InChI is InChI=1S/C15H24N2.C4H6O4/c1-15(2,12-16)13-6-8-14(9-7-13)17-10-4-3-5-11-17;5-3(6)1-2-4(7)8/h6-9H,3-5,10-12,16H2,1-2H3;1-2H2,(H,5,6)(H,7,8). The molecule has 0 aliphatic carbocycles. The van der Waals surface area contributed by atoms with Crippen molar-refractivity contribution in [3.05, 3.63) is 29.8 Å². The van der Waals surface area contributed by atoms with E-state index in [1.165, 1.54) is 43.6 Å². The summed E-state index contributed by atoms with van der Waals surface area (Å²) < 4.78 is 0. The summed E-state index contributed by atoms with van der Waals surface area (Å²) in [5.41, 5.74) is 7.01. The molecule has 0 saturated carbocycles. The number of hydrogen-bond acceptors (Lipinski definition) is 4. The Bertz CT molecular complexity index is 535. The molecule has 140 valence electrons. The predicted octanol–water partition coefficient (Wildman–Crippen LogP) is 0.798. The number of anilines is 1. The summed E-state index contributed by atoms with van der Waals surface area (Å²) in [5, 5.41) is 17.4. The van der Waals surface area contributed by atoms with Crippen LogP contribution < -0.4 is 15.7 Å². The van der Waals surface area contributed by atoms with Gasteiger partial charge in [-0.1, -0.05) is 26.0 Å². The number of quaternary nitrogens is 1. The zero-order chi connectivity index (χ0) is 18.9. The Kier molecular flexibility index (Phi) is 8.41. The second kappa shape index (κ2) is 10.0. The Morgan fingerprint density at radius 2 is 1.68 bits per heavy atom. The topological polar surface area (TPSA) is 108 Å².